The standard InChI is InChI=1S/C8H14N4O2/c1-8(2,3-4-9)7-6(12(13)14)5-10-11-7/h5H,3-4,9H2,1-2H3,(H,10,11). The molecule has 0 bridgehead atoms. The zero-order chi connectivity index (χ0) is 10.8. The zero-order valence-electron chi connectivity index (χ0n) is 8.28. The van der Waals surface area contributed by atoms with Gasteiger partial charge >= 0.3 is 5.69 Å². The highest BCUT2D eigenvalue weighted by molar-refractivity contribution is 5.37. The lowest BCUT2D eigenvalue weighted by Crippen LogP contribution is -2.23. The minimum Gasteiger partial charge on any atom is -0.330 e. The van der Waals surface area contributed by atoms with Gasteiger partial charge in [0, 0.05) is 5.41 Å². The molecule has 0 aliphatic rings. The van der Waals surface area contributed by atoms with E-state index in [1.165, 1.54) is 6.20 Å². The van der Waals surface area contributed by atoms with Crippen molar-refractivity contribution in [3.63, 3.8) is 0 Å². The molecule has 3 N–H and O–H groups in total. The molecule has 1 aromatic rings. The van der Waals surface area contributed by atoms with E-state index in [1.54, 1.807) is 0 Å². The third-order valence-electron chi connectivity index (χ3n) is 2.26. The maximum absolute atomic E-state index is 10.6. The largest absolute Gasteiger partial charge is 0.330 e. The number of hydrogen-bond acceptors (Lipinski definition) is 4. The van der Waals surface area contributed by atoms with Crippen molar-refractivity contribution in [1.82, 2.24) is 10.2 Å². The van der Waals surface area contributed by atoms with Gasteiger partial charge in [0.15, 0.2) is 0 Å². The minimum absolute atomic E-state index is 0.0310. The monoisotopic (exact) mass is 198 g/mol. The van der Waals surface area contributed by atoms with Crippen molar-refractivity contribution in [3.05, 3.63) is 22.0 Å². The van der Waals surface area contributed by atoms with Gasteiger partial charge in [-0.3, -0.25) is 15.2 Å². The molecule has 1 aromatic heterocycles. The quantitative estimate of drug-likeness (QED) is 0.555. The molecule has 0 aliphatic heterocycles. The Morgan fingerprint density at radius 2 is 2.36 bits per heavy atom. The Kier molecular flexibility index (Phi) is 2.85. The summed E-state index contributed by atoms with van der Waals surface area (Å²) >= 11 is 0. The zero-order valence-corrected chi connectivity index (χ0v) is 8.28. The molecule has 78 valence electrons. The lowest BCUT2D eigenvalue weighted by Gasteiger charge is -2.20. The van der Waals surface area contributed by atoms with Gasteiger partial charge in [-0.15, -0.1) is 0 Å². The topological polar surface area (TPSA) is 97.8 Å². The number of aromatic amines is 1. The highest BCUT2D eigenvalue weighted by Gasteiger charge is 2.30. The van der Waals surface area contributed by atoms with E-state index in [-0.39, 0.29) is 11.1 Å². The normalized spacial score (nSPS) is 11.6. The van der Waals surface area contributed by atoms with Crippen molar-refractivity contribution in [2.24, 2.45) is 5.73 Å². The minimum atomic E-state index is -0.433. The molecule has 14 heavy (non-hydrogen) atoms. The Hall–Kier alpha value is -1.43. The molecular weight excluding hydrogens is 184 g/mol. The highest BCUT2D eigenvalue weighted by atomic mass is 16.6. The van der Waals surface area contributed by atoms with E-state index in [1.807, 2.05) is 13.8 Å². The third kappa shape index (κ3) is 1.90. The van der Waals surface area contributed by atoms with Crippen LogP contribution in [0.4, 0.5) is 5.69 Å². The van der Waals surface area contributed by atoms with Crippen LogP contribution in [0.2, 0.25) is 0 Å². The first-order valence-electron chi connectivity index (χ1n) is 4.37. The van der Waals surface area contributed by atoms with Crippen LogP contribution < -0.4 is 5.73 Å². The third-order valence-corrected chi connectivity index (χ3v) is 2.26. The summed E-state index contributed by atoms with van der Waals surface area (Å²) in [7, 11) is 0. The fourth-order valence-electron chi connectivity index (χ4n) is 1.40. The summed E-state index contributed by atoms with van der Waals surface area (Å²) < 4.78 is 0. The molecule has 6 heteroatoms. The van der Waals surface area contributed by atoms with Gasteiger partial charge in [-0.2, -0.15) is 5.10 Å². The van der Waals surface area contributed by atoms with Crippen molar-refractivity contribution in [2.45, 2.75) is 25.7 Å². The van der Waals surface area contributed by atoms with Gasteiger partial charge in [-0.1, -0.05) is 13.8 Å². The Balaban J connectivity index is 3.05. The van der Waals surface area contributed by atoms with Gasteiger partial charge in [0.25, 0.3) is 0 Å². The van der Waals surface area contributed by atoms with Gasteiger partial charge in [-0.05, 0) is 13.0 Å². The first-order valence-corrected chi connectivity index (χ1v) is 4.37. The number of nitrogens with zero attached hydrogens (tertiary/aromatic N) is 2. The van der Waals surface area contributed by atoms with Crippen LogP contribution in [0.25, 0.3) is 0 Å². The average Bonchev–Trinajstić information content (AvgIpc) is 2.51. The van der Waals surface area contributed by atoms with E-state index < -0.39 is 4.92 Å². The second-order valence-electron chi connectivity index (χ2n) is 3.81. The van der Waals surface area contributed by atoms with E-state index in [2.05, 4.69) is 10.2 Å². The van der Waals surface area contributed by atoms with Crippen LogP contribution >= 0.6 is 0 Å². The lowest BCUT2D eigenvalue weighted by molar-refractivity contribution is -0.386. The number of nitrogens with one attached hydrogen (secondary N) is 1. The maximum Gasteiger partial charge on any atom is 0.310 e. The number of hydrogen-bond donors (Lipinski definition) is 2. The molecule has 1 heterocycles. The fraction of sp³-hybridized carbons (Fsp3) is 0.625. The average molecular weight is 198 g/mol. The van der Waals surface area contributed by atoms with Crippen LogP contribution in [0.3, 0.4) is 0 Å². The van der Waals surface area contributed by atoms with Gasteiger partial charge in [0.05, 0.1) is 4.92 Å². The van der Waals surface area contributed by atoms with Crippen molar-refractivity contribution >= 4 is 5.69 Å². The Labute approximate surface area is 81.6 Å². The molecule has 0 amide bonds. The highest BCUT2D eigenvalue weighted by Crippen LogP contribution is 2.31. The van der Waals surface area contributed by atoms with E-state index in [9.17, 15) is 10.1 Å². The maximum atomic E-state index is 10.6. The molecule has 6 nitrogen and oxygen atoms in total. The predicted octanol–water partition coefficient (Wildman–Crippen LogP) is 0.944. The summed E-state index contributed by atoms with van der Waals surface area (Å²) in [5.41, 5.74) is 5.67. The number of rotatable bonds is 4. The van der Waals surface area contributed by atoms with Gasteiger partial charge < -0.3 is 5.73 Å². The summed E-state index contributed by atoms with van der Waals surface area (Å²) in [6, 6.07) is 0. The molecule has 0 unspecified atom stereocenters. The molecule has 0 atom stereocenters. The second-order valence-corrected chi connectivity index (χ2v) is 3.81. The van der Waals surface area contributed by atoms with Crippen LogP contribution in [0.5, 0.6) is 0 Å². The van der Waals surface area contributed by atoms with Crippen LogP contribution in [-0.2, 0) is 5.41 Å². The molecule has 0 saturated carbocycles. The summed E-state index contributed by atoms with van der Waals surface area (Å²) in [5.74, 6) is 0. The van der Waals surface area contributed by atoms with Crippen molar-refractivity contribution in [3.8, 4) is 0 Å². The van der Waals surface area contributed by atoms with Crippen molar-refractivity contribution in [1.29, 1.82) is 0 Å². The molecule has 0 saturated heterocycles. The molecular formula is C8H14N4O2. The number of aromatic nitrogens is 2. The van der Waals surface area contributed by atoms with E-state index in [0.29, 0.717) is 18.7 Å². The molecule has 0 fully saturated rings. The Bertz CT molecular complexity index is 332. The molecule has 0 aliphatic carbocycles. The molecule has 0 radical (unpaired) electrons. The van der Waals surface area contributed by atoms with Gasteiger partial charge in [0.2, 0.25) is 0 Å². The Morgan fingerprint density at radius 1 is 1.71 bits per heavy atom. The first-order chi connectivity index (χ1) is 6.49. The van der Waals surface area contributed by atoms with Gasteiger partial charge in [-0.25, -0.2) is 0 Å². The van der Waals surface area contributed by atoms with Crippen molar-refractivity contribution < 1.29 is 4.92 Å². The summed E-state index contributed by atoms with van der Waals surface area (Å²) in [4.78, 5) is 10.2. The van der Waals surface area contributed by atoms with E-state index >= 15 is 0 Å². The number of H-pyrrole nitrogens is 1. The first kappa shape index (κ1) is 10.6. The molecule has 1 rings (SSSR count). The van der Waals surface area contributed by atoms with Crippen LogP contribution in [-0.4, -0.2) is 21.7 Å². The molecule has 0 spiro atoms. The second kappa shape index (κ2) is 3.75. The number of nitro groups is 1. The summed E-state index contributed by atoms with van der Waals surface area (Å²) in [6.45, 7) is 4.30. The van der Waals surface area contributed by atoms with E-state index in [0.717, 1.165) is 0 Å². The summed E-state index contributed by atoms with van der Waals surface area (Å²) in [6.07, 6.45) is 1.91. The van der Waals surface area contributed by atoms with E-state index in [4.69, 9.17) is 5.73 Å². The smallest absolute Gasteiger partial charge is 0.310 e. The Morgan fingerprint density at radius 3 is 2.86 bits per heavy atom. The SMILES string of the molecule is CC(C)(CCN)c1[nH]ncc1[N+](=O)[O-]. The van der Waals surface area contributed by atoms with Crippen LogP contribution in [0, 0.1) is 10.1 Å². The van der Waals surface area contributed by atoms with Crippen molar-refractivity contribution in [2.75, 3.05) is 6.54 Å². The van der Waals surface area contributed by atoms with Crippen LogP contribution in [0.15, 0.2) is 6.20 Å². The van der Waals surface area contributed by atoms with Crippen LogP contribution in [0.1, 0.15) is 26.0 Å². The summed E-state index contributed by atoms with van der Waals surface area (Å²) in [5, 5.41) is 17.0. The predicted molar refractivity (Wildman–Crippen MR) is 51.9 cm³/mol. The number of nitrogens with two attached hydrogens (primary N) is 1. The fourth-order valence-corrected chi connectivity index (χ4v) is 1.40. The van der Waals surface area contributed by atoms with Gasteiger partial charge in [0.1, 0.15) is 11.9 Å². The lowest BCUT2D eigenvalue weighted by atomic mass is 9.85. The molecule has 0 aromatic carbocycles.